The van der Waals surface area contributed by atoms with Gasteiger partial charge in [0.05, 0.1) is 0 Å². The van der Waals surface area contributed by atoms with Gasteiger partial charge in [-0.25, -0.2) is 27.6 Å². The van der Waals surface area contributed by atoms with Crippen molar-refractivity contribution < 1.29 is 17.6 Å². The first-order chi connectivity index (χ1) is 7.56. The third-order valence-corrected chi connectivity index (χ3v) is 3.17. The maximum Gasteiger partial charge on any atom is 0.145 e. The number of hydrazine groups is 1. The molecule has 0 spiro atoms. The monoisotopic (exact) mass is 240 g/mol. The fourth-order valence-corrected chi connectivity index (χ4v) is 2.31. The lowest BCUT2D eigenvalue weighted by Crippen LogP contribution is -2.57. The highest BCUT2D eigenvalue weighted by molar-refractivity contribution is 4.83. The molecule has 2 fully saturated rings. The van der Waals surface area contributed by atoms with E-state index in [1.807, 2.05) is 0 Å². The molecule has 16 heavy (non-hydrogen) atoms. The summed E-state index contributed by atoms with van der Waals surface area (Å²) in [6, 6.07) is 0. The minimum absolute atomic E-state index is 0.0874. The molecule has 0 aromatic heterocycles. The van der Waals surface area contributed by atoms with Crippen molar-refractivity contribution in [2.45, 2.75) is 37.5 Å². The Hall–Kier alpha value is -0.360. The van der Waals surface area contributed by atoms with Gasteiger partial charge in [0.2, 0.25) is 0 Å². The Kier molecular flexibility index (Phi) is 3.69. The van der Waals surface area contributed by atoms with Crippen LogP contribution in [0.25, 0.3) is 0 Å². The van der Waals surface area contributed by atoms with Crippen LogP contribution in [0.1, 0.15) is 12.8 Å². The molecule has 4 atom stereocenters. The van der Waals surface area contributed by atoms with Gasteiger partial charge >= 0.3 is 0 Å². The zero-order valence-corrected chi connectivity index (χ0v) is 8.96. The van der Waals surface area contributed by atoms with Gasteiger partial charge in [0.25, 0.3) is 0 Å². The Balaban J connectivity index is 1.92. The highest BCUT2D eigenvalue weighted by atomic mass is 19.2. The summed E-state index contributed by atoms with van der Waals surface area (Å²) in [5.74, 6) is 0. The topological polar surface area (TPSA) is 6.48 Å². The molecule has 0 saturated carbocycles. The van der Waals surface area contributed by atoms with Crippen LogP contribution >= 0.6 is 0 Å². The molecule has 94 valence electrons. The molecule has 2 rings (SSSR count). The van der Waals surface area contributed by atoms with Crippen molar-refractivity contribution in [2.75, 3.05) is 26.2 Å². The van der Waals surface area contributed by atoms with Gasteiger partial charge in [-0.3, -0.25) is 0 Å². The van der Waals surface area contributed by atoms with Crippen molar-refractivity contribution in [1.29, 1.82) is 0 Å². The van der Waals surface area contributed by atoms with E-state index in [0.29, 0.717) is 6.54 Å². The standard InChI is InChI=1S/C10H16F4N2/c11-7-3-8(12)5-16(4-7)15-2-1-9(13)10(14)6-15/h7-10H,1-6H2. The van der Waals surface area contributed by atoms with E-state index in [9.17, 15) is 17.6 Å². The molecule has 0 bridgehead atoms. The molecule has 0 N–H and O–H groups in total. The number of halogens is 4. The van der Waals surface area contributed by atoms with Crippen molar-refractivity contribution in [3.63, 3.8) is 0 Å². The average Bonchev–Trinajstić information content (AvgIpc) is 2.20. The summed E-state index contributed by atoms with van der Waals surface area (Å²) < 4.78 is 52.3. The second-order valence-corrected chi connectivity index (χ2v) is 4.54. The number of nitrogens with zero attached hydrogens (tertiary/aromatic N) is 2. The normalized spacial score (nSPS) is 43.5. The second kappa shape index (κ2) is 4.87. The van der Waals surface area contributed by atoms with Crippen LogP contribution in [0, 0.1) is 0 Å². The second-order valence-electron chi connectivity index (χ2n) is 4.54. The van der Waals surface area contributed by atoms with Crippen molar-refractivity contribution in [3.05, 3.63) is 0 Å². The summed E-state index contributed by atoms with van der Waals surface area (Å²) in [7, 11) is 0. The number of alkyl halides is 4. The van der Waals surface area contributed by atoms with Gasteiger partial charge in [0.15, 0.2) is 0 Å². The summed E-state index contributed by atoms with van der Waals surface area (Å²) in [6.07, 6.45) is -5.43. The van der Waals surface area contributed by atoms with E-state index in [-0.39, 0.29) is 32.5 Å². The fraction of sp³-hybridized carbons (Fsp3) is 1.00. The minimum atomic E-state index is -1.55. The molecule has 6 heteroatoms. The molecule has 0 amide bonds. The van der Waals surface area contributed by atoms with Crippen molar-refractivity contribution in [3.8, 4) is 0 Å². The lowest BCUT2D eigenvalue weighted by molar-refractivity contribution is -0.116. The van der Waals surface area contributed by atoms with Gasteiger partial charge in [-0.2, -0.15) is 0 Å². The van der Waals surface area contributed by atoms with Gasteiger partial charge in [0.1, 0.15) is 24.7 Å². The number of piperidine rings is 2. The largest absolute Gasteiger partial charge is 0.246 e. The number of hydrogen-bond acceptors (Lipinski definition) is 2. The Morgan fingerprint density at radius 2 is 1.38 bits per heavy atom. The van der Waals surface area contributed by atoms with E-state index >= 15 is 0 Å². The highest BCUT2D eigenvalue weighted by Crippen LogP contribution is 2.23. The summed E-state index contributed by atoms with van der Waals surface area (Å²) in [5, 5.41) is 3.02. The SMILES string of the molecule is FC1CC(F)CN(N2CCC(F)C(F)C2)C1. The van der Waals surface area contributed by atoms with E-state index in [0.717, 1.165) is 0 Å². The van der Waals surface area contributed by atoms with E-state index < -0.39 is 24.7 Å². The summed E-state index contributed by atoms with van der Waals surface area (Å²) in [4.78, 5) is 0. The Morgan fingerprint density at radius 1 is 0.750 bits per heavy atom. The van der Waals surface area contributed by atoms with Crippen LogP contribution in [0.5, 0.6) is 0 Å². The van der Waals surface area contributed by atoms with E-state index in [1.165, 1.54) is 5.01 Å². The molecule has 4 unspecified atom stereocenters. The molecule has 0 radical (unpaired) electrons. The first-order valence-corrected chi connectivity index (χ1v) is 5.62. The average molecular weight is 240 g/mol. The van der Waals surface area contributed by atoms with Gasteiger partial charge in [-0.1, -0.05) is 0 Å². The van der Waals surface area contributed by atoms with E-state index in [2.05, 4.69) is 0 Å². The molecule has 2 nitrogen and oxygen atoms in total. The molecule has 0 aromatic carbocycles. The van der Waals surface area contributed by atoms with Crippen LogP contribution < -0.4 is 0 Å². The fourth-order valence-electron chi connectivity index (χ4n) is 2.31. The molecular formula is C10H16F4N2. The number of rotatable bonds is 1. The molecule has 2 saturated heterocycles. The van der Waals surface area contributed by atoms with Crippen LogP contribution in [-0.2, 0) is 0 Å². The zero-order chi connectivity index (χ0) is 11.7. The van der Waals surface area contributed by atoms with E-state index in [1.54, 1.807) is 5.01 Å². The van der Waals surface area contributed by atoms with Gasteiger partial charge in [-0.15, -0.1) is 0 Å². The molecule has 0 aromatic rings. The molecule has 2 aliphatic rings. The Morgan fingerprint density at radius 3 is 1.94 bits per heavy atom. The van der Waals surface area contributed by atoms with Crippen LogP contribution in [0.15, 0.2) is 0 Å². The van der Waals surface area contributed by atoms with E-state index in [4.69, 9.17) is 0 Å². The maximum atomic E-state index is 13.1. The number of hydrogen-bond donors (Lipinski definition) is 0. The Bertz CT molecular complexity index is 231. The summed E-state index contributed by atoms with van der Waals surface area (Å²) in [5.41, 5.74) is 0. The van der Waals surface area contributed by atoms with Gasteiger partial charge < -0.3 is 0 Å². The van der Waals surface area contributed by atoms with Crippen molar-refractivity contribution >= 4 is 0 Å². The quantitative estimate of drug-likeness (QED) is 0.643. The summed E-state index contributed by atoms with van der Waals surface area (Å²) in [6.45, 7) is 0.413. The predicted molar refractivity (Wildman–Crippen MR) is 52.0 cm³/mol. The lowest BCUT2D eigenvalue weighted by Gasteiger charge is -2.42. The van der Waals surface area contributed by atoms with Crippen molar-refractivity contribution in [2.24, 2.45) is 0 Å². The van der Waals surface area contributed by atoms with Crippen molar-refractivity contribution in [1.82, 2.24) is 10.0 Å². The maximum absolute atomic E-state index is 13.1. The smallest absolute Gasteiger partial charge is 0.145 e. The minimum Gasteiger partial charge on any atom is -0.246 e. The van der Waals surface area contributed by atoms with Gasteiger partial charge in [-0.05, 0) is 6.42 Å². The predicted octanol–water partition coefficient (Wildman–Crippen LogP) is 1.67. The van der Waals surface area contributed by atoms with Gasteiger partial charge in [0, 0.05) is 32.6 Å². The molecular weight excluding hydrogens is 224 g/mol. The first-order valence-electron chi connectivity index (χ1n) is 5.62. The summed E-state index contributed by atoms with van der Waals surface area (Å²) >= 11 is 0. The highest BCUT2D eigenvalue weighted by Gasteiger charge is 2.36. The van der Waals surface area contributed by atoms with Crippen LogP contribution in [0.2, 0.25) is 0 Å². The first kappa shape index (κ1) is 12.1. The van der Waals surface area contributed by atoms with Crippen LogP contribution in [0.3, 0.4) is 0 Å². The third kappa shape index (κ3) is 2.66. The molecule has 2 heterocycles. The zero-order valence-electron chi connectivity index (χ0n) is 8.96. The van der Waals surface area contributed by atoms with Crippen LogP contribution in [0.4, 0.5) is 17.6 Å². The lowest BCUT2D eigenvalue weighted by atomic mass is 10.1. The molecule has 2 aliphatic heterocycles. The van der Waals surface area contributed by atoms with Crippen LogP contribution in [-0.4, -0.2) is 60.9 Å². The Labute approximate surface area is 92.2 Å². The third-order valence-electron chi connectivity index (χ3n) is 3.17. The molecule has 0 aliphatic carbocycles.